The number of esters is 1. The monoisotopic (exact) mass is 341 g/mol. The Hall–Kier alpha value is 0.0434. The van der Waals surface area contributed by atoms with Crippen LogP contribution in [0.5, 0.6) is 0 Å². The van der Waals surface area contributed by atoms with Crippen molar-refractivity contribution >= 4 is 29.9 Å². The third-order valence-electron chi connectivity index (χ3n) is 1.35. The molecule has 1 aromatic carbocycles. The molecule has 13 heavy (non-hydrogen) atoms. The summed E-state index contributed by atoms with van der Waals surface area (Å²) in [6.45, 7) is 0. The Bertz CT molecular complexity index is 239. The van der Waals surface area contributed by atoms with Crippen molar-refractivity contribution in [2.45, 2.75) is 6.42 Å². The third kappa shape index (κ3) is 6.16. The SMILES string of the molecule is COC(=O)Cc1c[c-]ccc1.I.[Zn]. The average Bonchev–Trinajstić information content (AvgIpc) is 2.06. The molecule has 1 rings (SSSR count). The van der Waals surface area contributed by atoms with Gasteiger partial charge in [0.15, 0.2) is 0 Å². The summed E-state index contributed by atoms with van der Waals surface area (Å²) in [4.78, 5) is 10.7. The maximum absolute atomic E-state index is 10.7. The van der Waals surface area contributed by atoms with Gasteiger partial charge in [0.25, 0.3) is 5.97 Å². The van der Waals surface area contributed by atoms with Crippen LogP contribution in [0.3, 0.4) is 0 Å². The molecule has 0 aliphatic rings. The first-order chi connectivity index (χ1) is 5.33. The van der Waals surface area contributed by atoms with Crippen LogP contribution in [-0.4, -0.2) is 13.1 Å². The van der Waals surface area contributed by atoms with Crippen molar-refractivity contribution in [2.75, 3.05) is 7.11 Å². The number of hydrogen-bond acceptors (Lipinski definition) is 2. The summed E-state index contributed by atoms with van der Waals surface area (Å²) in [5, 5.41) is 0. The van der Waals surface area contributed by atoms with Gasteiger partial charge in [-0.25, -0.2) is 0 Å². The molecule has 2 nitrogen and oxygen atoms in total. The van der Waals surface area contributed by atoms with E-state index >= 15 is 0 Å². The Morgan fingerprint density at radius 1 is 1.62 bits per heavy atom. The predicted molar refractivity (Wildman–Crippen MR) is 56.4 cm³/mol. The minimum atomic E-state index is -0.218. The second kappa shape index (κ2) is 8.63. The summed E-state index contributed by atoms with van der Waals surface area (Å²) < 4.78 is 4.50. The zero-order valence-electron chi connectivity index (χ0n) is 7.45. The van der Waals surface area contributed by atoms with E-state index in [4.69, 9.17) is 0 Å². The quantitative estimate of drug-likeness (QED) is 0.355. The summed E-state index contributed by atoms with van der Waals surface area (Å²) in [5.41, 5.74) is 0.930. The molecular formula is C9H10IO2Zn-. The Labute approximate surface area is 108 Å². The van der Waals surface area contributed by atoms with E-state index in [1.54, 1.807) is 12.1 Å². The fraction of sp³-hybridized carbons (Fsp3) is 0.222. The van der Waals surface area contributed by atoms with Crippen LogP contribution >= 0.6 is 24.0 Å². The number of carbonyl (C=O) groups excluding carboxylic acids is 1. The molecule has 1 aromatic rings. The van der Waals surface area contributed by atoms with Gasteiger partial charge in [-0.3, -0.25) is 4.79 Å². The van der Waals surface area contributed by atoms with Crippen molar-refractivity contribution in [3.63, 3.8) is 0 Å². The zero-order valence-corrected chi connectivity index (χ0v) is 12.7. The first kappa shape index (κ1) is 15.5. The maximum atomic E-state index is 10.7. The van der Waals surface area contributed by atoms with Crippen LogP contribution in [0, 0.1) is 6.07 Å². The van der Waals surface area contributed by atoms with Gasteiger partial charge in [0.1, 0.15) is 0 Å². The second-order valence-electron chi connectivity index (χ2n) is 2.16. The van der Waals surface area contributed by atoms with Gasteiger partial charge in [0.05, 0.1) is 7.11 Å². The molecule has 0 amide bonds. The molecule has 0 N–H and O–H groups in total. The van der Waals surface area contributed by atoms with Crippen molar-refractivity contribution in [1.29, 1.82) is 0 Å². The number of methoxy groups -OCH3 is 1. The first-order valence-electron chi connectivity index (χ1n) is 3.34. The van der Waals surface area contributed by atoms with Crippen LogP contribution < -0.4 is 0 Å². The Balaban J connectivity index is 0. The van der Waals surface area contributed by atoms with Crippen LogP contribution in [0.15, 0.2) is 24.3 Å². The maximum Gasteiger partial charge on any atom is 0.298 e. The van der Waals surface area contributed by atoms with Crippen molar-refractivity contribution < 1.29 is 29.0 Å². The van der Waals surface area contributed by atoms with Gasteiger partial charge in [-0.05, 0) is 0 Å². The predicted octanol–water partition coefficient (Wildman–Crippen LogP) is 1.82. The standard InChI is InChI=1S/C9H9O2.HI.Zn/c1-11-9(10)7-8-5-3-2-4-6-8;;/h2-3,5-6H,7H2,1H3;1H;/q-1;;. The molecule has 0 aromatic heterocycles. The van der Waals surface area contributed by atoms with Gasteiger partial charge in [0.2, 0.25) is 0 Å². The molecule has 0 radical (unpaired) electrons. The summed E-state index contributed by atoms with van der Waals surface area (Å²) in [5.74, 6) is -0.218. The molecule has 4 heteroatoms. The number of benzene rings is 1. The van der Waals surface area contributed by atoms with Crippen LogP contribution in [0.4, 0.5) is 0 Å². The number of halogens is 1. The fourth-order valence-corrected chi connectivity index (χ4v) is 0.779. The van der Waals surface area contributed by atoms with Gasteiger partial charge >= 0.3 is 0 Å². The summed E-state index contributed by atoms with van der Waals surface area (Å²) in [6.07, 6.45) is 0.327. The summed E-state index contributed by atoms with van der Waals surface area (Å²) >= 11 is 0. The van der Waals surface area contributed by atoms with E-state index in [0.29, 0.717) is 6.42 Å². The summed E-state index contributed by atoms with van der Waals surface area (Å²) in [7, 11) is 1.38. The molecule has 0 saturated carbocycles. The zero-order chi connectivity index (χ0) is 8.10. The molecular weight excluding hydrogens is 332 g/mol. The van der Waals surface area contributed by atoms with Crippen molar-refractivity contribution in [3.8, 4) is 0 Å². The molecule has 0 heterocycles. The van der Waals surface area contributed by atoms with Gasteiger partial charge < -0.3 is 4.74 Å². The molecule has 0 bridgehead atoms. The third-order valence-corrected chi connectivity index (χ3v) is 1.35. The Kier molecular flexibility index (Phi) is 10.3. The van der Waals surface area contributed by atoms with Gasteiger partial charge in [0, 0.05) is 25.9 Å². The minimum Gasteiger partial charge on any atom is -0.470 e. The van der Waals surface area contributed by atoms with Crippen LogP contribution in [0.2, 0.25) is 0 Å². The van der Waals surface area contributed by atoms with E-state index in [2.05, 4.69) is 10.8 Å². The number of ether oxygens (including phenoxy) is 1. The molecule has 0 aliphatic carbocycles. The normalized spacial score (nSPS) is 7.77. The molecule has 0 fully saturated rings. The topological polar surface area (TPSA) is 26.3 Å². The van der Waals surface area contributed by atoms with Crippen LogP contribution in [-0.2, 0) is 35.4 Å². The number of hydrogen-bond donors (Lipinski definition) is 0. The van der Waals surface area contributed by atoms with Crippen LogP contribution in [0.25, 0.3) is 0 Å². The van der Waals surface area contributed by atoms with E-state index < -0.39 is 0 Å². The largest absolute Gasteiger partial charge is 0.470 e. The Morgan fingerprint density at radius 2 is 2.31 bits per heavy atom. The average molecular weight is 342 g/mol. The van der Waals surface area contributed by atoms with Gasteiger partial charge in [-0.15, -0.1) is 29.5 Å². The van der Waals surface area contributed by atoms with E-state index in [9.17, 15) is 4.79 Å². The number of rotatable bonds is 2. The van der Waals surface area contributed by atoms with E-state index in [1.165, 1.54) is 7.11 Å². The molecule has 0 unspecified atom stereocenters. The van der Waals surface area contributed by atoms with E-state index in [1.807, 2.05) is 12.1 Å². The van der Waals surface area contributed by atoms with Crippen LogP contribution in [0.1, 0.15) is 5.56 Å². The van der Waals surface area contributed by atoms with Crippen molar-refractivity contribution in [1.82, 2.24) is 0 Å². The minimum absolute atomic E-state index is 0. The second-order valence-corrected chi connectivity index (χ2v) is 2.16. The van der Waals surface area contributed by atoms with E-state index in [-0.39, 0.29) is 49.4 Å². The summed E-state index contributed by atoms with van der Waals surface area (Å²) in [6, 6.07) is 10.2. The van der Waals surface area contributed by atoms with Gasteiger partial charge in [-0.2, -0.15) is 30.3 Å². The molecule has 0 atom stereocenters. The molecule has 0 spiro atoms. The molecule has 0 saturated heterocycles. The van der Waals surface area contributed by atoms with Crippen molar-refractivity contribution in [2.24, 2.45) is 0 Å². The van der Waals surface area contributed by atoms with Gasteiger partial charge in [-0.1, -0.05) is 0 Å². The molecule has 68 valence electrons. The van der Waals surface area contributed by atoms with E-state index in [0.717, 1.165) is 5.56 Å². The Morgan fingerprint density at radius 3 is 2.77 bits per heavy atom. The first-order valence-corrected chi connectivity index (χ1v) is 3.34. The molecule has 0 aliphatic heterocycles. The van der Waals surface area contributed by atoms with Crippen molar-refractivity contribution in [3.05, 3.63) is 35.9 Å². The smallest absolute Gasteiger partial charge is 0.298 e. The number of carbonyl (C=O) groups is 1. The fourth-order valence-electron chi connectivity index (χ4n) is 0.779.